The minimum absolute atomic E-state index is 0.189. The van der Waals surface area contributed by atoms with E-state index in [-0.39, 0.29) is 6.10 Å². The van der Waals surface area contributed by atoms with Gasteiger partial charge in [-0.2, -0.15) is 0 Å². The zero-order valence-electron chi connectivity index (χ0n) is 8.95. The number of hydrogen-bond acceptors (Lipinski definition) is 3. The third-order valence-corrected chi connectivity index (χ3v) is 2.22. The van der Waals surface area contributed by atoms with Crippen molar-refractivity contribution in [2.45, 2.75) is 32.8 Å². The molecule has 0 bridgehead atoms. The van der Waals surface area contributed by atoms with Crippen LogP contribution in [0.2, 0.25) is 0 Å². The van der Waals surface area contributed by atoms with E-state index in [1.807, 2.05) is 13.8 Å². The van der Waals surface area contributed by atoms with E-state index in [0.29, 0.717) is 25.7 Å². The molecule has 3 nitrogen and oxygen atoms in total. The summed E-state index contributed by atoms with van der Waals surface area (Å²) in [6.07, 6.45) is 1.55. The van der Waals surface area contributed by atoms with Crippen molar-refractivity contribution >= 4 is 0 Å². The normalized spacial score (nSPS) is 15.7. The summed E-state index contributed by atoms with van der Waals surface area (Å²) in [5.74, 6) is 0.326. The van der Waals surface area contributed by atoms with Gasteiger partial charge in [0, 0.05) is 13.7 Å². The van der Waals surface area contributed by atoms with Gasteiger partial charge in [-0.3, -0.25) is 0 Å². The minimum atomic E-state index is -0.189. The molecule has 0 heterocycles. The Morgan fingerprint density at radius 2 is 1.92 bits per heavy atom. The second-order valence-corrected chi connectivity index (χ2v) is 3.35. The molecular weight excluding hydrogens is 168 g/mol. The van der Waals surface area contributed by atoms with Gasteiger partial charge in [-0.05, 0) is 18.8 Å². The van der Waals surface area contributed by atoms with Gasteiger partial charge in [0.15, 0.2) is 0 Å². The third-order valence-electron chi connectivity index (χ3n) is 2.22. The van der Waals surface area contributed by atoms with Crippen molar-refractivity contribution in [2.24, 2.45) is 5.92 Å². The molecule has 0 aromatic carbocycles. The Bertz CT molecular complexity index is 106. The van der Waals surface area contributed by atoms with Gasteiger partial charge in [-0.1, -0.05) is 13.8 Å². The van der Waals surface area contributed by atoms with E-state index in [0.717, 1.165) is 12.8 Å². The predicted octanol–water partition coefficient (Wildman–Crippen LogP) is 1.45. The summed E-state index contributed by atoms with van der Waals surface area (Å²) >= 11 is 0. The van der Waals surface area contributed by atoms with Crippen LogP contribution in [-0.2, 0) is 9.47 Å². The predicted molar refractivity (Wildman–Crippen MR) is 52.8 cm³/mol. The molecular formula is C10H22O3. The van der Waals surface area contributed by atoms with Gasteiger partial charge in [-0.25, -0.2) is 0 Å². The molecule has 0 spiro atoms. The topological polar surface area (TPSA) is 38.7 Å². The second kappa shape index (κ2) is 8.48. The minimum Gasteiger partial charge on any atom is -0.393 e. The molecule has 0 fully saturated rings. The van der Waals surface area contributed by atoms with E-state index in [9.17, 15) is 5.11 Å². The summed E-state index contributed by atoms with van der Waals surface area (Å²) in [6, 6.07) is 0. The zero-order chi connectivity index (χ0) is 10.1. The first-order chi connectivity index (χ1) is 6.22. The molecule has 0 saturated carbocycles. The first kappa shape index (κ1) is 12.9. The van der Waals surface area contributed by atoms with Crippen LogP contribution in [0.1, 0.15) is 26.7 Å². The molecule has 13 heavy (non-hydrogen) atoms. The average molecular weight is 190 g/mol. The second-order valence-electron chi connectivity index (χ2n) is 3.35. The highest BCUT2D eigenvalue weighted by Gasteiger charge is 2.10. The average Bonchev–Trinajstić information content (AvgIpc) is 2.16. The van der Waals surface area contributed by atoms with Crippen LogP contribution in [0.4, 0.5) is 0 Å². The van der Waals surface area contributed by atoms with E-state index in [2.05, 4.69) is 0 Å². The van der Waals surface area contributed by atoms with Crippen LogP contribution in [0, 0.1) is 5.92 Å². The summed E-state index contributed by atoms with van der Waals surface area (Å²) in [6.45, 7) is 6.04. The van der Waals surface area contributed by atoms with E-state index in [4.69, 9.17) is 9.47 Å². The van der Waals surface area contributed by atoms with Crippen molar-refractivity contribution < 1.29 is 14.6 Å². The highest BCUT2D eigenvalue weighted by Crippen LogP contribution is 2.10. The maximum absolute atomic E-state index is 9.45. The maximum atomic E-state index is 9.45. The first-order valence-corrected chi connectivity index (χ1v) is 4.97. The maximum Gasteiger partial charge on any atom is 0.0700 e. The summed E-state index contributed by atoms with van der Waals surface area (Å²) in [5, 5.41) is 9.45. The van der Waals surface area contributed by atoms with Gasteiger partial charge in [0.25, 0.3) is 0 Å². The van der Waals surface area contributed by atoms with Gasteiger partial charge >= 0.3 is 0 Å². The number of hydrogen-bond donors (Lipinski definition) is 1. The van der Waals surface area contributed by atoms with Crippen molar-refractivity contribution in [2.75, 3.05) is 26.9 Å². The van der Waals surface area contributed by atoms with Crippen LogP contribution in [0.3, 0.4) is 0 Å². The smallest absolute Gasteiger partial charge is 0.0700 e. The SMILES string of the molecule is CCC(O)C(C)CCOCCOC. The van der Waals surface area contributed by atoms with Gasteiger partial charge in [0.05, 0.1) is 19.3 Å². The molecule has 0 aliphatic carbocycles. The Hall–Kier alpha value is -0.120. The Labute approximate surface area is 81.0 Å². The molecule has 0 amide bonds. The van der Waals surface area contributed by atoms with Crippen molar-refractivity contribution in [1.29, 1.82) is 0 Å². The summed E-state index contributed by atoms with van der Waals surface area (Å²) in [5.41, 5.74) is 0. The van der Waals surface area contributed by atoms with Crippen molar-refractivity contribution in [1.82, 2.24) is 0 Å². The highest BCUT2D eigenvalue weighted by molar-refractivity contribution is 4.61. The van der Waals surface area contributed by atoms with E-state index in [1.54, 1.807) is 7.11 Å². The number of ether oxygens (including phenoxy) is 2. The first-order valence-electron chi connectivity index (χ1n) is 4.97. The molecule has 0 saturated heterocycles. The number of aliphatic hydroxyl groups is 1. The standard InChI is InChI=1S/C10H22O3/c1-4-10(11)9(2)5-6-13-8-7-12-3/h9-11H,4-8H2,1-3H3. The fourth-order valence-corrected chi connectivity index (χ4v) is 1.11. The lowest BCUT2D eigenvalue weighted by Gasteiger charge is -2.16. The van der Waals surface area contributed by atoms with Crippen LogP contribution in [0.15, 0.2) is 0 Å². The number of methoxy groups -OCH3 is 1. The lowest BCUT2D eigenvalue weighted by Crippen LogP contribution is -2.18. The molecule has 0 aromatic rings. The molecule has 0 aliphatic rings. The summed E-state index contributed by atoms with van der Waals surface area (Å²) in [4.78, 5) is 0. The van der Waals surface area contributed by atoms with Crippen molar-refractivity contribution in [3.05, 3.63) is 0 Å². The van der Waals surface area contributed by atoms with Gasteiger partial charge in [0.2, 0.25) is 0 Å². The molecule has 0 radical (unpaired) electrons. The van der Waals surface area contributed by atoms with Crippen molar-refractivity contribution in [3.63, 3.8) is 0 Å². The molecule has 0 rings (SSSR count). The fraction of sp³-hybridized carbons (Fsp3) is 1.00. The molecule has 2 unspecified atom stereocenters. The summed E-state index contributed by atoms with van der Waals surface area (Å²) < 4.78 is 10.1. The lowest BCUT2D eigenvalue weighted by atomic mass is 10.00. The Morgan fingerprint density at radius 1 is 1.23 bits per heavy atom. The Balaban J connectivity index is 3.21. The van der Waals surface area contributed by atoms with Crippen LogP contribution in [0.25, 0.3) is 0 Å². The molecule has 80 valence electrons. The monoisotopic (exact) mass is 190 g/mol. The quantitative estimate of drug-likeness (QED) is 0.589. The summed E-state index contributed by atoms with van der Waals surface area (Å²) in [7, 11) is 1.66. The Kier molecular flexibility index (Phi) is 8.40. The van der Waals surface area contributed by atoms with E-state index >= 15 is 0 Å². The van der Waals surface area contributed by atoms with Crippen LogP contribution in [-0.4, -0.2) is 38.1 Å². The van der Waals surface area contributed by atoms with E-state index < -0.39 is 0 Å². The molecule has 2 atom stereocenters. The van der Waals surface area contributed by atoms with E-state index in [1.165, 1.54) is 0 Å². The number of aliphatic hydroxyl groups excluding tert-OH is 1. The van der Waals surface area contributed by atoms with Gasteiger partial charge in [0.1, 0.15) is 0 Å². The van der Waals surface area contributed by atoms with Crippen LogP contribution in [0.5, 0.6) is 0 Å². The highest BCUT2D eigenvalue weighted by atomic mass is 16.5. The lowest BCUT2D eigenvalue weighted by molar-refractivity contribution is 0.0454. The fourth-order valence-electron chi connectivity index (χ4n) is 1.11. The Morgan fingerprint density at radius 3 is 2.46 bits per heavy atom. The molecule has 3 heteroatoms. The molecule has 0 aromatic heterocycles. The largest absolute Gasteiger partial charge is 0.393 e. The van der Waals surface area contributed by atoms with Gasteiger partial charge < -0.3 is 14.6 Å². The molecule has 1 N–H and O–H groups in total. The van der Waals surface area contributed by atoms with Gasteiger partial charge in [-0.15, -0.1) is 0 Å². The van der Waals surface area contributed by atoms with Crippen molar-refractivity contribution in [3.8, 4) is 0 Å². The van der Waals surface area contributed by atoms with Crippen LogP contribution < -0.4 is 0 Å². The zero-order valence-corrected chi connectivity index (χ0v) is 8.95. The third kappa shape index (κ3) is 6.99. The molecule has 0 aliphatic heterocycles. The van der Waals surface area contributed by atoms with Crippen LogP contribution >= 0.6 is 0 Å². The number of rotatable bonds is 8.